The van der Waals surface area contributed by atoms with Crippen LogP contribution in [0.4, 0.5) is 0 Å². The molecule has 3 heteroatoms. The fourth-order valence-corrected chi connectivity index (χ4v) is 2.63. The molecule has 0 bridgehead atoms. The minimum atomic E-state index is 0.735. The van der Waals surface area contributed by atoms with Crippen LogP contribution in [0.2, 0.25) is 0 Å². The molecule has 2 aromatic heterocycles. The number of carbonyl (C=O) groups is 1. The van der Waals surface area contributed by atoms with Crippen LogP contribution >= 0.6 is 11.3 Å². The standard InChI is InChI=1S/C12H13NOS/c1-9-6-12(15-10(9)2)7-13-5-3-4-11(13)8-14/h3-6,8H,7H2,1-2H3. The molecule has 2 aromatic rings. The quantitative estimate of drug-likeness (QED) is 0.727. The van der Waals surface area contributed by atoms with Gasteiger partial charge in [-0.05, 0) is 37.6 Å². The van der Waals surface area contributed by atoms with Gasteiger partial charge in [-0.1, -0.05) is 0 Å². The van der Waals surface area contributed by atoms with Gasteiger partial charge in [-0.15, -0.1) is 11.3 Å². The lowest BCUT2D eigenvalue weighted by molar-refractivity contribution is 0.111. The van der Waals surface area contributed by atoms with Crippen molar-refractivity contribution >= 4 is 17.6 Å². The van der Waals surface area contributed by atoms with Crippen molar-refractivity contribution in [3.05, 3.63) is 45.4 Å². The molecule has 0 amide bonds. The van der Waals surface area contributed by atoms with E-state index in [1.807, 2.05) is 22.9 Å². The third kappa shape index (κ3) is 2.02. The van der Waals surface area contributed by atoms with Gasteiger partial charge in [-0.2, -0.15) is 0 Å². The Morgan fingerprint density at radius 1 is 1.47 bits per heavy atom. The molecular weight excluding hydrogens is 206 g/mol. The maximum absolute atomic E-state index is 10.7. The highest BCUT2D eigenvalue weighted by atomic mass is 32.1. The topological polar surface area (TPSA) is 22.0 Å². The third-order valence-corrected chi connectivity index (χ3v) is 3.67. The van der Waals surface area contributed by atoms with E-state index in [-0.39, 0.29) is 0 Å². The second-order valence-electron chi connectivity index (χ2n) is 3.63. The van der Waals surface area contributed by atoms with E-state index in [1.165, 1.54) is 15.3 Å². The number of carbonyl (C=O) groups excluding carboxylic acids is 1. The molecule has 0 N–H and O–H groups in total. The monoisotopic (exact) mass is 219 g/mol. The van der Waals surface area contributed by atoms with E-state index in [4.69, 9.17) is 0 Å². The summed E-state index contributed by atoms with van der Waals surface area (Å²) in [6.07, 6.45) is 2.83. The van der Waals surface area contributed by atoms with Crippen LogP contribution in [0.1, 0.15) is 25.8 Å². The zero-order valence-electron chi connectivity index (χ0n) is 8.86. The molecule has 0 unspecified atom stereocenters. The number of rotatable bonds is 3. The van der Waals surface area contributed by atoms with Crippen LogP contribution in [-0.2, 0) is 6.54 Å². The SMILES string of the molecule is Cc1cc(Cn2cccc2C=O)sc1C. The fourth-order valence-electron chi connectivity index (χ4n) is 1.57. The predicted molar refractivity (Wildman–Crippen MR) is 62.7 cm³/mol. The van der Waals surface area contributed by atoms with Gasteiger partial charge in [0.15, 0.2) is 6.29 Å². The lowest BCUT2D eigenvalue weighted by Gasteiger charge is -2.02. The van der Waals surface area contributed by atoms with Gasteiger partial charge < -0.3 is 4.57 Å². The van der Waals surface area contributed by atoms with Gasteiger partial charge in [0, 0.05) is 16.0 Å². The molecule has 0 radical (unpaired) electrons. The van der Waals surface area contributed by atoms with Crippen molar-refractivity contribution in [3.8, 4) is 0 Å². The number of nitrogens with zero attached hydrogens (tertiary/aromatic N) is 1. The first-order chi connectivity index (χ1) is 7.20. The first kappa shape index (κ1) is 10.2. The van der Waals surface area contributed by atoms with E-state index < -0.39 is 0 Å². The molecule has 0 aliphatic heterocycles. The molecule has 2 nitrogen and oxygen atoms in total. The molecule has 0 saturated carbocycles. The highest BCUT2D eigenvalue weighted by Gasteiger charge is 2.04. The van der Waals surface area contributed by atoms with Gasteiger partial charge in [0.05, 0.1) is 12.2 Å². The van der Waals surface area contributed by atoms with Crippen molar-refractivity contribution < 1.29 is 4.79 Å². The van der Waals surface area contributed by atoms with Crippen LogP contribution in [0.25, 0.3) is 0 Å². The lowest BCUT2D eigenvalue weighted by Crippen LogP contribution is -2.00. The van der Waals surface area contributed by atoms with E-state index >= 15 is 0 Å². The fraction of sp³-hybridized carbons (Fsp3) is 0.250. The number of aldehydes is 1. The van der Waals surface area contributed by atoms with E-state index in [0.29, 0.717) is 0 Å². The van der Waals surface area contributed by atoms with E-state index in [1.54, 1.807) is 11.3 Å². The molecular formula is C12H13NOS. The Morgan fingerprint density at radius 3 is 2.87 bits per heavy atom. The van der Waals surface area contributed by atoms with Crippen molar-refractivity contribution in [2.75, 3.05) is 0 Å². The van der Waals surface area contributed by atoms with Gasteiger partial charge in [0.25, 0.3) is 0 Å². The minimum Gasteiger partial charge on any atom is -0.340 e. The summed E-state index contributed by atoms with van der Waals surface area (Å²) in [5.74, 6) is 0. The van der Waals surface area contributed by atoms with Crippen LogP contribution in [-0.4, -0.2) is 10.9 Å². The van der Waals surface area contributed by atoms with Crippen LogP contribution in [0.3, 0.4) is 0 Å². The maximum atomic E-state index is 10.7. The molecule has 0 fully saturated rings. The molecule has 0 atom stereocenters. The number of thiophene rings is 1. The molecule has 2 rings (SSSR count). The molecule has 0 aliphatic rings. The Labute approximate surface area is 93.2 Å². The molecule has 78 valence electrons. The van der Waals surface area contributed by atoms with Crippen LogP contribution in [0.15, 0.2) is 24.4 Å². The average molecular weight is 219 g/mol. The lowest BCUT2D eigenvalue weighted by atomic mass is 10.3. The Hall–Kier alpha value is -1.35. The smallest absolute Gasteiger partial charge is 0.166 e. The summed E-state index contributed by atoms with van der Waals surface area (Å²) >= 11 is 1.80. The second-order valence-corrected chi connectivity index (χ2v) is 4.97. The molecule has 0 aliphatic carbocycles. The first-order valence-corrected chi connectivity index (χ1v) is 5.68. The van der Waals surface area contributed by atoms with Crippen molar-refractivity contribution in [1.29, 1.82) is 0 Å². The summed E-state index contributed by atoms with van der Waals surface area (Å²) in [6.45, 7) is 5.03. The van der Waals surface area contributed by atoms with Crippen molar-refractivity contribution in [2.24, 2.45) is 0 Å². The summed E-state index contributed by atoms with van der Waals surface area (Å²) in [7, 11) is 0. The number of hydrogen-bond donors (Lipinski definition) is 0. The zero-order chi connectivity index (χ0) is 10.8. The van der Waals surface area contributed by atoms with Crippen molar-refractivity contribution in [1.82, 2.24) is 4.57 Å². The zero-order valence-corrected chi connectivity index (χ0v) is 9.67. The summed E-state index contributed by atoms with van der Waals surface area (Å²) in [6, 6.07) is 5.92. The summed E-state index contributed by atoms with van der Waals surface area (Å²) in [5, 5.41) is 0. The molecule has 15 heavy (non-hydrogen) atoms. The highest BCUT2D eigenvalue weighted by Crippen LogP contribution is 2.21. The van der Waals surface area contributed by atoms with Crippen LogP contribution in [0, 0.1) is 13.8 Å². The minimum absolute atomic E-state index is 0.735. The molecule has 0 spiro atoms. The average Bonchev–Trinajstić information content (AvgIpc) is 2.75. The maximum Gasteiger partial charge on any atom is 0.166 e. The Bertz CT molecular complexity index is 462. The third-order valence-electron chi connectivity index (χ3n) is 2.53. The highest BCUT2D eigenvalue weighted by molar-refractivity contribution is 7.12. The summed E-state index contributed by atoms with van der Waals surface area (Å²) in [5.41, 5.74) is 2.06. The van der Waals surface area contributed by atoms with Gasteiger partial charge in [0.2, 0.25) is 0 Å². The normalized spacial score (nSPS) is 10.5. The van der Waals surface area contributed by atoms with Gasteiger partial charge in [-0.25, -0.2) is 0 Å². The number of aromatic nitrogens is 1. The molecule has 0 aromatic carbocycles. The van der Waals surface area contributed by atoms with E-state index in [9.17, 15) is 4.79 Å². The largest absolute Gasteiger partial charge is 0.340 e. The Kier molecular flexibility index (Phi) is 2.73. The Morgan fingerprint density at radius 2 is 2.27 bits per heavy atom. The second kappa shape index (κ2) is 4.03. The van der Waals surface area contributed by atoms with E-state index in [2.05, 4.69) is 19.9 Å². The number of hydrogen-bond acceptors (Lipinski definition) is 2. The van der Waals surface area contributed by atoms with E-state index in [0.717, 1.165) is 18.5 Å². The molecule has 0 saturated heterocycles. The Balaban J connectivity index is 2.25. The predicted octanol–water partition coefficient (Wildman–Crippen LogP) is 3.03. The van der Waals surface area contributed by atoms with Gasteiger partial charge >= 0.3 is 0 Å². The van der Waals surface area contributed by atoms with Gasteiger partial charge in [-0.3, -0.25) is 4.79 Å². The first-order valence-electron chi connectivity index (χ1n) is 4.87. The van der Waals surface area contributed by atoms with Crippen molar-refractivity contribution in [3.63, 3.8) is 0 Å². The van der Waals surface area contributed by atoms with Crippen LogP contribution < -0.4 is 0 Å². The summed E-state index contributed by atoms with van der Waals surface area (Å²) in [4.78, 5) is 13.4. The number of aryl methyl sites for hydroxylation is 2. The van der Waals surface area contributed by atoms with Gasteiger partial charge in [0.1, 0.15) is 0 Å². The van der Waals surface area contributed by atoms with Crippen molar-refractivity contribution in [2.45, 2.75) is 20.4 Å². The summed E-state index contributed by atoms with van der Waals surface area (Å²) < 4.78 is 1.97. The van der Waals surface area contributed by atoms with Crippen LogP contribution in [0.5, 0.6) is 0 Å². The molecule has 2 heterocycles.